The van der Waals surface area contributed by atoms with Crippen molar-refractivity contribution < 1.29 is 13.9 Å². The van der Waals surface area contributed by atoms with Crippen LogP contribution in [0.1, 0.15) is 17.9 Å². The number of amides is 1. The summed E-state index contributed by atoms with van der Waals surface area (Å²) in [5.41, 5.74) is 2.81. The molecule has 1 N–H and O–H groups in total. The van der Waals surface area contributed by atoms with Crippen LogP contribution in [-0.4, -0.2) is 27.6 Å². The van der Waals surface area contributed by atoms with Crippen molar-refractivity contribution in [3.8, 4) is 17.1 Å². The number of nitrogens with zero attached hydrogens (tertiary/aromatic N) is 3. The van der Waals surface area contributed by atoms with Gasteiger partial charge >= 0.3 is 0 Å². The predicted molar refractivity (Wildman–Crippen MR) is 113 cm³/mol. The Balaban J connectivity index is 1.28. The summed E-state index contributed by atoms with van der Waals surface area (Å²) < 4.78 is 12.9. The Bertz CT molecular complexity index is 1080. The second-order valence-corrected chi connectivity index (χ2v) is 6.83. The van der Waals surface area contributed by atoms with Crippen LogP contribution in [0, 0.1) is 0 Å². The number of hydrogen-bond acceptors (Lipinski definition) is 5. The van der Waals surface area contributed by atoms with Crippen LogP contribution >= 0.6 is 0 Å². The van der Waals surface area contributed by atoms with Crippen molar-refractivity contribution >= 4 is 11.6 Å². The van der Waals surface area contributed by atoms with E-state index in [4.69, 9.17) is 9.15 Å². The van der Waals surface area contributed by atoms with Crippen LogP contribution in [0.2, 0.25) is 0 Å². The average Bonchev–Trinajstić information content (AvgIpc) is 3.46. The van der Waals surface area contributed by atoms with Crippen molar-refractivity contribution in [2.75, 3.05) is 12.4 Å². The van der Waals surface area contributed by atoms with Crippen LogP contribution in [0.3, 0.4) is 0 Å². The third-order valence-electron chi connectivity index (χ3n) is 4.66. The minimum absolute atomic E-state index is 0.0819. The van der Waals surface area contributed by atoms with Crippen LogP contribution in [0.4, 0.5) is 5.69 Å². The largest absolute Gasteiger partial charge is 0.497 e. The van der Waals surface area contributed by atoms with Gasteiger partial charge in [0.25, 0.3) is 0 Å². The highest BCUT2D eigenvalue weighted by Gasteiger charge is 2.10. The molecule has 2 heterocycles. The summed E-state index contributed by atoms with van der Waals surface area (Å²) in [6.45, 7) is 0.745. The van der Waals surface area contributed by atoms with E-state index in [0.29, 0.717) is 24.5 Å². The van der Waals surface area contributed by atoms with Crippen LogP contribution in [0.25, 0.3) is 11.3 Å². The van der Waals surface area contributed by atoms with Crippen LogP contribution in [0.5, 0.6) is 5.75 Å². The average molecular weight is 402 g/mol. The van der Waals surface area contributed by atoms with E-state index in [1.807, 2.05) is 59.3 Å². The lowest BCUT2D eigenvalue weighted by Crippen LogP contribution is -2.12. The second-order valence-electron chi connectivity index (χ2n) is 6.83. The number of aryl methyl sites for hydroxylation is 1. The Hall–Kier alpha value is -3.87. The number of carbonyl (C=O) groups is 1. The van der Waals surface area contributed by atoms with Gasteiger partial charge in [-0.05, 0) is 42.0 Å². The maximum absolute atomic E-state index is 12.3. The maximum Gasteiger partial charge on any atom is 0.224 e. The SMILES string of the molecule is COc1ccc(-c2cnc(CCC(=O)Nc3ccc(Cn4ccnc4)cc3)o2)cc1. The zero-order chi connectivity index (χ0) is 20.8. The molecule has 0 fully saturated rings. The first-order valence-electron chi connectivity index (χ1n) is 9.63. The summed E-state index contributed by atoms with van der Waals surface area (Å²) in [6, 6.07) is 15.3. The van der Waals surface area contributed by atoms with E-state index in [1.165, 1.54) is 0 Å². The van der Waals surface area contributed by atoms with E-state index in [1.54, 1.807) is 25.8 Å². The first-order valence-corrected chi connectivity index (χ1v) is 9.63. The molecule has 0 radical (unpaired) electrons. The normalized spacial score (nSPS) is 10.7. The van der Waals surface area contributed by atoms with Gasteiger partial charge in [0.05, 0.1) is 19.6 Å². The fourth-order valence-corrected chi connectivity index (χ4v) is 3.04. The van der Waals surface area contributed by atoms with Gasteiger partial charge in [0.2, 0.25) is 5.91 Å². The molecule has 0 saturated carbocycles. The Labute approximate surface area is 174 Å². The first kappa shape index (κ1) is 19.4. The number of ether oxygens (including phenoxy) is 1. The number of benzene rings is 2. The third kappa shape index (κ3) is 4.94. The lowest BCUT2D eigenvalue weighted by Gasteiger charge is -2.07. The van der Waals surface area contributed by atoms with E-state index in [0.717, 1.165) is 29.1 Å². The lowest BCUT2D eigenvalue weighted by atomic mass is 10.2. The molecule has 0 unspecified atom stereocenters. The van der Waals surface area contributed by atoms with E-state index in [2.05, 4.69) is 15.3 Å². The highest BCUT2D eigenvalue weighted by Crippen LogP contribution is 2.23. The predicted octanol–water partition coefficient (Wildman–Crippen LogP) is 4.17. The topological polar surface area (TPSA) is 82.2 Å². The number of hydrogen-bond donors (Lipinski definition) is 1. The molecule has 1 amide bonds. The molecule has 7 nitrogen and oxygen atoms in total. The third-order valence-corrected chi connectivity index (χ3v) is 4.66. The van der Waals surface area contributed by atoms with Crippen LogP contribution < -0.4 is 10.1 Å². The number of oxazole rings is 1. The molecule has 0 aliphatic carbocycles. The Kier molecular flexibility index (Phi) is 5.89. The summed E-state index contributed by atoms with van der Waals surface area (Å²) in [6.07, 6.45) is 7.84. The standard InChI is InChI=1S/C23H22N4O3/c1-29-20-8-4-18(5-9-20)21-14-25-23(30-21)11-10-22(28)26-19-6-2-17(3-7-19)15-27-13-12-24-16-27/h2-9,12-14,16H,10-11,15H2,1H3,(H,26,28). The molecule has 4 aromatic rings. The number of nitrogens with one attached hydrogen (secondary N) is 1. The van der Waals surface area contributed by atoms with Crippen molar-refractivity contribution in [3.63, 3.8) is 0 Å². The molecule has 4 rings (SSSR count). The Morgan fingerprint density at radius 2 is 1.93 bits per heavy atom. The van der Waals surface area contributed by atoms with Crippen molar-refractivity contribution in [2.45, 2.75) is 19.4 Å². The monoisotopic (exact) mass is 402 g/mol. The molecule has 0 aliphatic heterocycles. The molecule has 30 heavy (non-hydrogen) atoms. The van der Waals surface area contributed by atoms with Gasteiger partial charge in [0.1, 0.15) is 5.75 Å². The summed E-state index contributed by atoms with van der Waals surface area (Å²) in [5.74, 6) is 1.90. The van der Waals surface area contributed by atoms with E-state index in [9.17, 15) is 4.79 Å². The molecule has 7 heteroatoms. The minimum Gasteiger partial charge on any atom is -0.497 e. The number of carbonyl (C=O) groups excluding carboxylic acids is 1. The van der Waals surface area contributed by atoms with Gasteiger partial charge in [-0.25, -0.2) is 9.97 Å². The van der Waals surface area contributed by atoms with Crippen molar-refractivity contribution in [1.82, 2.24) is 14.5 Å². The molecule has 0 bridgehead atoms. The smallest absolute Gasteiger partial charge is 0.224 e. The highest BCUT2D eigenvalue weighted by molar-refractivity contribution is 5.90. The molecule has 152 valence electrons. The lowest BCUT2D eigenvalue weighted by molar-refractivity contribution is -0.116. The molecular weight excluding hydrogens is 380 g/mol. The molecule has 0 saturated heterocycles. The summed E-state index contributed by atoms with van der Waals surface area (Å²) >= 11 is 0. The van der Waals surface area contributed by atoms with Gasteiger partial charge in [0, 0.05) is 43.0 Å². The molecule has 0 aliphatic rings. The van der Waals surface area contributed by atoms with Gasteiger partial charge in [-0.3, -0.25) is 4.79 Å². The summed E-state index contributed by atoms with van der Waals surface area (Å²) in [5, 5.41) is 2.91. The van der Waals surface area contributed by atoms with Crippen LogP contribution in [-0.2, 0) is 17.8 Å². The highest BCUT2D eigenvalue weighted by atomic mass is 16.5. The molecule has 0 atom stereocenters. The molecule has 2 aromatic heterocycles. The van der Waals surface area contributed by atoms with Gasteiger partial charge in [-0.1, -0.05) is 12.1 Å². The number of methoxy groups -OCH3 is 1. The van der Waals surface area contributed by atoms with Gasteiger partial charge in [-0.2, -0.15) is 0 Å². The summed E-state index contributed by atoms with van der Waals surface area (Å²) in [4.78, 5) is 20.6. The number of imidazole rings is 1. The number of rotatable bonds is 8. The van der Waals surface area contributed by atoms with Crippen molar-refractivity contribution in [3.05, 3.63) is 84.9 Å². The molecule has 2 aromatic carbocycles. The first-order chi connectivity index (χ1) is 14.7. The van der Waals surface area contributed by atoms with E-state index < -0.39 is 0 Å². The van der Waals surface area contributed by atoms with Crippen molar-refractivity contribution in [1.29, 1.82) is 0 Å². The molecule has 0 spiro atoms. The zero-order valence-corrected chi connectivity index (χ0v) is 16.6. The fourth-order valence-electron chi connectivity index (χ4n) is 3.04. The molecular formula is C23H22N4O3. The van der Waals surface area contributed by atoms with E-state index >= 15 is 0 Å². The van der Waals surface area contributed by atoms with Crippen molar-refractivity contribution in [2.24, 2.45) is 0 Å². The van der Waals surface area contributed by atoms with Crippen LogP contribution in [0.15, 0.2) is 77.9 Å². The second kappa shape index (κ2) is 9.09. The van der Waals surface area contributed by atoms with E-state index in [-0.39, 0.29) is 5.91 Å². The minimum atomic E-state index is -0.0819. The summed E-state index contributed by atoms with van der Waals surface area (Å²) in [7, 11) is 1.63. The quantitative estimate of drug-likeness (QED) is 0.478. The number of aromatic nitrogens is 3. The van der Waals surface area contributed by atoms with Gasteiger partial charge in [-0.15, -0.1) is 0 Å². The Morgan fingerprint density at radius 3 is 2.63 bits per heavy atom. The van der Waals surface area contributed by atoms with Gasteiger partial charge in [0.15, 0.2) is 11.7 Å². The van der Waals surface area contributed by atoms with Gasteiger partial charge < -0.3 is 19.0 Å². The Morgan fingerprint density at radius 1 is 1.13 bits per heavy atom. The maximum atomic E-state index is 12.3. The fraction of sp³-hybridized carbons (Fsp3) is 0.174. The number of anilines is 1. The zero-order valence-electron chi connectivity index (χ0n) is 16.6.